The van der Waals surface area contributed by atoms with E-state index in [1.807, 2.05) is 14.1 Å². The standard InChI is InChI=1S/C16H27N3O2/c1-12(20)13-6-8-14(9-7-13)18-15(21)17-10-16(2,3)11-19(4)5/h6-9,12,20H,10-11H2,1-5H3,(H2,17,18,21). The van der Waals surface area contributed by atoms with Gasteiger partial charge in [-0.2, -0.15) is 0 Å². The molecule has 0 saturated heterocycles. The molecule has 1 atom stereocenters. The molecular weight excluding hydrogens is 266 g/mol. The number of nitrogens with one attached hydrogen (secondary N) is 2. The van der Waals surface area contributed by atoms with Gasteiger partial charge in [-0.05, 0) is 44.1 Å². The fourth-order valence-corrected chi connectivity index (χ4v) is 2.25. The van der Waals surface area contributed by atoms with E-state index in [0.29, 0.717) is 12.2 Å². The number of aliphatic hydroxyl groups is 1. The highest BCUT2D eigenvalue weighted by Crippen LogP contribution is 2.16. The Kier molecular flexibility index (Phi) is 6.18. The van der Waals surface area contributed by atoms with Gasteiger partial charge in [0.15, 0.2) is 0 Å². The molecule has 21 heavy (non-hydrogen) atoms. The van der Waals surface area contributed by atoms with E-state index < -0.39 is 6.10 Å². The van der Waals surface area contributed by atoms with E-state index in [0.717, 1.165) is 12.1 Å². The van der Waals surface area contributed by atoms with Crippen LogP contribution in [-0.2, 0) is 0 Å². The van der Waals surface area contributed by atoms with Gasteiger partial charge >= 0.3 is 6.03 Å². The van der Waals surface area contributed by atoms with E-state index in [9.17, 15) is 9.90 Å². The summed E-state index contributed by atoms with van der Waals surface area (Å²) in [4.78, 5) is 14.0. The lowest BCUT2D eigenvalue weighted by molar-refractivity contribution is 0.199. The summed E-state index contributed by atoms with van der Waals surface area (Å²) < 4.78 is 0. The quantitative estimate of drug-likeness (QED) is 0.755. The van der Waals surface area contributed by atoms with Crippen molar-refractivity contribution in [1.82, 2.24) is 10.2 Å². The van der Waals surface area contributed by atoms with Crippen LogP contribution in [0.15, 0.2) is 24.3 Å². The first-order valence-electron chi connectivity index (χ1n) is 7.17. The molecule has 0 bridgehead atoms. The Morgan fingerprint density at radius 1 is 1.29 bits per heavy atom. The maximum atomic E-state index is 11.9. The van der Waals surface area contributed by atoms with Crippen LogP contribution in [0.2, 0.25) is 0 Å². The Labute approximate surface area is 127 Å². The van der Waals surface area contributed by atoms with Crippen molar-refractivity contribution in [3.8, 4) is 0 Å². The van der Waals surface area contributed by atoms with Gasteiger partial charge in [0.25, 0.3) is 0 Å². The molecule has 0 aromatic heterocycles. The molecule has 5 nitrogen and oxygen atoms in total. The second-order valence-corrected chi connectivity index (χ2v) is 6.51. The maximum absolute atomic E-state index is 11.9. The molecule has 0 radical (unpaired) electrons. The lowest BCUT2D eigenvalue weighted by Crippen LogP contribution is -2.41. The Morgan fingerprint density at radius 3 is 2.33 bits per heavy atom. The van der Waals surface area contributed by atoms with Crippen LogP contribution in [0.5, 0.6) is 0 Å². The molecule has 1 aromatic carbocycles. The number of aliphatic hydroxyl groups excluding tert-OH is 1. The van der Waals surface area contributed by atoms with Gasteiger partial charge in [-0.15, -0.1) is 0 Å². The van der Waals surface area contributed by atoms with Crippen LogP contribution < -0.4 is 10.6 Å². The third-order valence-corrected chi connectivity index (χ3v) is 3.12. The average Bonchev–Trinajstić information content (AvgIpc) is 2.36. The van der Waals surface area contributed by atoms with Crippen LogP contribution in [0.25, 0.3) is 0 Å². The van der Waals surface area contributed by atoms with E-state index in [1.165, 1.54) is 0 Å². The number of anilines is 1. The lowest BCUT2D eigenvalue weighted by Gasteiger charge is -2.28. The van der Waals surface area contributed by atoms with E-state index in [4.69, 9.17) is 0 Å². The highest BCUT2D eigenvalue weighted by Gasteiger charge is 2.19. The third-order valence-electron chi connectivity index (χ3n) is 3.12. The average molecular weight is 293 g/mol. The van der Waals surface area contributed by atoms with Crippen molar-refractivity contribution in [3.63, 3.8) is 0 Å². The van der Waals surface area contributed by atoms with Crippen LogP contribution in [0.1, 0.15) is 32.4 Å². The minimum Gasteiger partial charge on any atom is -0.389 e. The van der Waals surface area contributed by atoms with Crippen molar-refractivity contribution in [3.05, 3.63) is 29.8 Å². The molecule has 5 heteroatoms. The molecule has 0 heterocycles. The Morgan fingerprint density at radius 2 is 1.86 bits per heavy atom. The normalized spacial score (nSPS) is 13.1. The fourth-order valence-electron chi connectivity index (χ4n) is 2.25. The highest BCUT2D eigenvalue weighted by atomic mass is 16.3. The van der Waals surface area contributed by atoms with Gasteiger partial charge in [0.05, 0.1) is 6.10 Å². The summed E-state index contributed by atoms with van der Waals surface area (Å²) in [6, 6.07) is 6.96. The molecule has 1 unspecified atom stereocenters. The Balaban J connectivity index is 2.47. The Hall–Kier alpha value is -1.59. The van der Waals surface area contributed by atoms with Crippen molar-refractivity contribution in [2.45, 2.75) is 26.9 Å². The SMILES string of the molecule is CC(O)c1ccc(NC(=O)NCC(C)(C)CN(C)C)cc1. The fraction of sp³-hybridized carbons (Fsp3) is 0.562. The predicted octanol–water partition coefficient (Wildman–Crippen LogP) is 2.45. The van der Waals surface area contributed by atoms with Crippen molar-refractivity contribution in [1.29, 1.82) is 0 Å². The first-order chi connectivity index (χ1) is 9.69. The summed E-state index contributed by atoms with van der Waals surface area (Å²) in [5.74, 6) is 0. The molecule has 118 valence electrons. The second-order valence-electron chi connectivity index (χ2n) is 6.51. The number of carbonyl (C=O) groups excluding carboxylic acids is 1. The molecule has 2 amide bonds. The van der Waals surface area contributed by atoms with Crippen LogP contribution >= 0.6 is 0 Å². The van der Waals surface area contributed by atoms with Crippen LogP contribution in [-0.4, -0.2) is 43.2 Å². The highest BCUT2D eigenvalue weighted by molar-refractivity contribution is 5.89. The zero-order valence-electron chi connectivity index (χ0n) is 13.6. The molecule has 0 aliphatic carbocycles. The van der Waals surface area contributed by atoms with E-state index >= 15 is 0 Å². The zero-order chi connectivity index (χ0) is 16.0. The number of urea groups is 1. The number of benzene rings is 1. The lowest BCUT2D eigenvalue weighted by atomic mass is 9.93. The zero-order valence-corrected chi connectivity index (χ0v) is 13.6. The molecule has 1 rings (SSSR count). The summed E-state index contributed by atoms with van der Waals surface area (Å²) in [7, 11) is 4.04. The molecular formula is C16H27N3O2. The molecule has 1 aromatic rings. The first-order valence-corrected chi connectivity index (χ1v) is 7.17. The van der Waals surface area contributed by atoms with Gasteiger partial charge < -0.3 is 20.6 Å². The predicted molar refractivity (Wildman–Crippen MR) is 86.4 cm³/mol. The monoisotopic (exact) mass is 293 g/mol. The number of nitrogens with zero attached hydrogens (tertiary/aromatic N) is 1. The van der Waals surface area contributed by atoms with Gasteiger partial charge in [-0.1, -0.05) is 26.0 Å². The topological polar surface area (TPSA) is 64.6 Å². The first kappa shape index (κ1) is 17.5. The maximum Gasteiger partial charge on any atom is 0.319 e. The van der Waals surface area contributed by atoms with Gasteiger partial charge in [0, 0.05) is 18.8 Å². The van der Waals surface area contributed by atoms with Crippen molar-refractivity contribution in [2.24, 2.45) is 5.41 Å². The number of amides is 2. The van der Waals surface area contributed by atoms with E-state index in [-0.39, 0.29) is 11.4 Å². The summed E-state index contributed by atoms with van der Waals surface area (Å²) in [5.41, 5.74) is 1.55. The summed E-state index contributed by atoms with van der Waals surface area (Å²) in [6.45, 7) is 7.44. The van der Waals surface area contributed by atoms with Crippen LogP contribution in [0.3, 0.4) is 0 Å². The smallest absolute Gasteiger partial charge is 0.319 e. The minimum absolute atomic E-state index is 0.0109. The molecule has 0 fully saturated rings. The van der Waals surface area contributed by atoms with Crippen molar-refractivity contribution < 1.29 is 9.90 Å². The largest absolute Gasteiger partial charge is 0.389 e. The molecule has 0 aliphatic rings. The molecule has 0 spiro atoms. The number of carbonyl (C=O) groups is 1. The van der Waals surface area contributed by atoms with Crippen molar-refractivity contribution in [2.75, 3.05) is 32.5 Å². The number of hydrogen-bond acceptors (Lipinski definition) is 3. The van der Waals surface area contributed by atoms with Crippen molar-refractivity contribution >= 4 is 11.7 Å². The molecule has 0 aliphatic heterocycles. The second kappa shape index (κ2) is 7.43. The van der Waals surface area contributed by atoms with Gasteiger partial charge in [0.2, 0.25) is 0 Å². The minimum atomic E-state index is -0.500. The molecule has 0 saturated carbocycles. The Bertz CT molecular complexity index is 453. The molecule has 3 N–H and O–H groups in total. The summed E-state index contributed by atoms with van der Waals surface area (Å²) in [5, 5.41) is 15.1. The van der Waals surface area contributed by atoms with Gasteiger partial charge in [-0.25, -0.2) is 4.79 Å². The van der Waals surface area contributed by atoms with Gasteiger partial charge in [0.1, 0.15) is 0 Å². The third kappa shape index (κ3) is 6.60. The van der Waals surface area contributed by atoms with Gasteiger partial charge in [-0.3, -0.25) is 0 Å². The van der Waals surface area contributed by atoms with Crippen LogP contribution in [0, 0.1) is 5.41 Å². The van der Waals surface area contributed by atoms with E-state index in [2.05, 4.69) is 29.4 Å². The number of hydrogen-bond donors (Lipinski definition) is 3. The number of rotatable bonds is 6. The summed E-state index contributed by atoms with van der Waals surface area (Å²) >= 11 is 0. The van der Waals surface area contributed by atoms with Crippen LogP contribution in [0.4, 0.5) is 10.5 Å². The summed E-state index contributed by atoms with van der Waals surface area (Å²) in [6.07, 6.45) is -0.500. The van der Waals surface area contributed by atoms with E-state index in [1.54, 1.807) is 31.2 Å².